The van der Waals surface area contributed by atoms with E-state index in [0.717, 1.165) is 18.8 Å². The van der Waals surface area contributed by atoms with Crippen LogP contribution in [-0.2, 0) is 13.1 Å². The number of nitrogens with one attached hydrogen (secondary N) is 1. The highest BCUT2D eigenvalue weighted by molar-refractivity contribution is 5.61. The Hall–Kier alpha value is -3.48. The summed E-state index contributed by atoms with van der Waals surface area (Å²) in [7, 11) is 0. The van der Waals surface area contributed by atoms with Crippen molar-refractivity contribution in [1.29, 1.82) is 0 Å². The number of nitrogens with zero attached hydrogens (tertiary/aromatic N) is 6. The van der Waals surface area contributed by atoms with Crippen LogP contribution in [0.4, 0.5) is 17.2 Å². The van der Waals surface area contributed by atoms with Gasteiger partial charge in [0.1, 0.15) is 0 Å². The van der Waals surface area contributed by atoms with Crippen LogP contribution < -0.4 is 10.2 Å². The van der Waals surface area contributed by atoms with Crippen molar-refractivity contribution in [2.75, 3.05) is 10.2 Å². The van der Waals surface area contributed by atoms with Gasteiger partial charge in [-0.3, -0.25) is 0 Å². The summed E-state index contributed by atoms with van der Waals surface area (Å²) in [5.41, 5.74) is 6.97. The zero-order valence-corrected chi connectivity index (χ0v) is 15.9. The molecule has 0 aliphatic carbocycles. The molecule has 2 aromatic carbocycles. The van der Waals surface area contributed by atoms with Crippen molar-refractivity contribution in [1.82, 2.24) is 25.3 Å². The van der Waals surface area contributed by atoms with E-state index in [1.165, 1.54) is 27.0 Å². The van der Waals surface area contributed by atoms with Crippen LogP contribution >= 0.6 is 0 Å². The lowest BCUT2D eigenvalue weighted by molar-refractivity contribution is 0.736. The summed E-state index contributed by atoms with van der Waals surface area (Å²) in [6.45, 7) is 6.29. The van der Waals surface area contributed by atoms with Gasteiger partial charge in [0.25, 0.3) is 0 Å². The number of hydrogen-bond acceptors (Lipinski definition) is 6. The van der Waals surface area contributed by atoms with Gasteiger partial charge in [-0.25, -0.2) is 0 Å². The van der Waals surface area contributed by atoms with Gasteiger partial charge in [0, 0.05) is 24.5 Å². The van der Waals surface area contributed by atoms with E-state index in [1.54, 1.807) is 0 Å². The molecule has 1 N–H and O–H groups in total. The number of rotatable bonds is 4. The van der Waals surface area contributed by atoms with Crippen molar-refractivity contribution in [2.24, 2.45) is 0 Å². The van der Waals surface area contributed by atoms with Gasteiger partial charge in [-0.2, -0.15) is 0 Å². The average Bonchev–Trinajstić information content (AvgIpc) is 3.34. The maximum absolute atomic E-state index is 4.37. The minimum Gasteiger partial charge on any atom is -0.363 e. The van der Waals surface area contributed by atoms with Gasteiger partial charge in [-0.05, 0) is 69.4 Å². The van der Waals surface area contributed by atoms with Gasteiger partial charge in [-0.15, -0.1) is 14.8 Å². The molecule has 0 radical (unpaired) electrons. The Morgan fingerprint density at radius 2 is 1.75 bits per heavy atom. The third-order valence-electron chi connectivity index (χ3n) is 5.20. The third-order valence-corrected chi connectivity index (χ3v) is 5.20. The molecule has 28 heavy (non-hydrogen) atoms. The second-order valence-electron chi connectivity index (χ2n) is 7.46. The van der Waals surface area contributed by atoms with E-state index in [0.29, 0.717) is 17.4 Å². The fourth-order valence-corrected chi connectivity index (χ4v) is 3.59. The smallest absolute Gasteiger partial charge is 0.200 e. The zero-order chi connectivity index (χ0) is 19.1. The van der Waals surface area contributed by atoms with Gasteiger partial charge in [0.15, 0.2) is 11.5 Å². The maximum Gasteiger partial charge on any atom is 0.200 e. The number of hydrogen-bond donors (Lipinski definition) is 1. The first-order valence-electron chi connectivity index (χ1n) is 9.45. The van der Waals surface area contributed by atoms with Crippen LogP contribution in [0.2, 0.25) is 0 Å². The van der Waals surface area contributed by atoms with Crippen LogP contribution in [0.3, 0.4) is 0 Å². The molecule has 7 heteroatoms. The molecule has 0 atom stereocenters. The molecule has 0 bridgehead atoms. The highest BCUT2D eigenvalue weighted by Gasteiger charge is 2.19. The van der Waals surface area contributed by atoms with E-state index in [1.807, 2.05) is 12.1 Å². The molecule has 3 heterocycles. The van der Waals surface area contributed by atoms with Gasteiger partial charge >= 0.3 is 0 Å². The van der Waals surface area contributed by atoms with Gasteiger partial charge < -0.3 is 10.2 Å². The largest absolute Gasteiger partial charge is 0.363 e. The van der Waals surface area contributed by atoms with E-state index >= 15 is 0 Å². The van der Waals surface area contributed by atoms with Crippen molar-refractivity contribution < 1.29 is 0 Å². The van der Waals surface area contributed by atoms with Crippen LogP contribution in [0.1, 0.15) is 36.5 Å². The Morgan fingerprint density at radius 3 is 2.57 bits per heavy atom. The molecule has 0 amide bonds. The molecule has 0 saturated heterocycles. The lowest BCUT2D eigenvalue weighted by atomic mass is 10.0. The zero-order valence-electron chi connectivity index (χ0n) is 15.9. The minimum absolute atomic E-state index is 0.555. The standard InChI is InChI=1S/C21H21N7/c1-14(2)15-4-7-19(8-5-15)27-12-16-3-6-18(11-17(16)13-27)22-20-9-10-21-23-25-26-28(21)24-20/h3-11,14H,12-13H2,1-2H3,(H,22,24). The Labute approximate surface area is 163 Å². The van der Waals surface area contributed by atoms with E-state index in [2.05, 4.69) is 87.2 Å². The topological polar surface area (TPSA) is 71.2 Å². The predicted molar refractivity (Wildman–Crippen MR) is 109 cm³/mol. The molecule has 7 nitrogen and oxygen atoms in total. The van der Waals surface area contributed by atoms with Crippen molar-refractivity contribution in [3.8, 4) is 0 Å². The number of fused-ring (bicyclic) bond motifs is 2. The molecule has 2 aromatic heterocycles. The lowest BCUT2D eigenvalue weighted by Crippen LogP contribution is -2.14. The first-order chi connectivity index (χ1) is 13.7. The Morgan fingerprint density at radius 1 is 0.929 bits per heavy atom. The summed E-state index contributed by atoms with van der Waals surface area (Å²) < 4.78 is 1.41. The Kier molecular flexibility index (Phi) is 3.93. The van der Waals surface area contributed by atoms with Gasteiger partial charge in [-0.1, -0.05) is 32.0 Å². The summed E-state index contributed by atoms with van der Waals surface area (Å²) >= 11 is 0. The second kappa shape index (κ2) is 6.60. The summed E-state index contributed by atoms with van der Waals surface area (Å²) in [4.78, 5) is 2.41. The lowest BCUT2D eigenvalue weighted by Gasteiger charge is -2.18. The van der Waals surface area contributed by atoms with Crippen molar-refractivity contribution in [2.45, 2.75) is 32.9 Å². The highest BCUT2D eigenvalue weighted by atomic mass is 15.6. The molecule has 0 saturated carbocycles. The van der Waals surface area contributed by atoms with Crippen LogP contribution in [0.25, 0.3) is 5.65 Å². The summed E-state index contributed by atoms with van der Waals surface area (Å²) in [6, 6.07) is 19.1. The first kappa shape index (κ1) is 16.7. The number of tetrazole rings is 1. The molecule has 4 aromatic rings. The van der Waals surface area contributed by atoms with Crippen LogP contribution in [0, 0.1) is 0 Å². The highest BCUT2D eigenvalue weighted by Crippen LogP contribution is 2.31. The molecule has 1 aliphatic heterocycles. The first-order valence-corrected chi connectivity index (χ1v) is 9.45. The molecule has 0 fully saturated rings. The quantitative estimate of drug-likeness (QED) is 0.586. The van der Waals surface area contributed by atoms with E-state index in [9.17, 15) is 0 Å². The molecular weight excluding hydrogens is 350 g/mol. The summed E-state index contributed by atoms with van der Waals surface area (Å²) in [5.74, 6) is 1.26. The maximum atomic E-state index is 4.37. The van der Waals surface area contributed by atoms with Crippen LogP contribution in [0.5, 0.6) is 0 Å². The molecular formula is C21H21N7. The second-order valence-corrected chi connectivity index (χ2v) is 7.46. The molecule has 1 aliphatic rings. The summed E-state index contributed by atoms with van der Waals surface area (Å²) in [5, 5.41) is 19.0. The monoisotopic (exact) mass is 371 g/mol. The van der Waals surface area contributed by atoms with E-state index in [4.69, 9.17) is 0 Å². The van der Waals surface area contributed by atoms with Crippen LogP contribution in [-0.4, -0.2) is 25.3 Å². The molecule has 5 rings (SSSR count). The Bertz CT molecular complexity index is 1130. The van der Waals surface area contributed by atoms with Crippen molar-refractivity contribution in [3.63, 3.8) is 0 Å². The van der Waals surface area contributed by atoms with Gasteiger partial charge in [0.2, 0.25) is 0 Å². The normalized spacial score (nSPS) is 13.3. The Balaban J connectivity index is 1.34. The average molecular weight is 371 g/mol. The van der Waals surface area contributed by atoms with Crippen molar-refractivity contribution in [3.05, 3.63) is 71.3 Å². The number of benzene rings is 2. The van der Waals surface area contributed by atoms with E-state index < -0.39 is 0 Å². The number of aromatic nitrogens is 5. The minimum atomic E-state index is 0.555. The molecule has 0 unspecified atom stereocenters. The molecule has 140 valence electrons. The van der Waals surface area contributed by atoms with E-state index in [-0.39, 0.29) is 0 Å². The van der Waals surface area contributed by atoms with Crippen LogP contribution in [0.15, 0.2) is 54.6 Å². The third kappa shape index (κ3) is 3.05. The fraction of sp³-hybridized carbons (Fsp3) is 0.238. The molecule has 0 spiro atoms. The SMILES string of the molecule is CC(C)c1ccc(N2Cc3ccc(Nc4ccc5nnnn5n4)cc3C2)cc1. The van der Waals surface area contributed by atoms with Crippen molar-refractivity contribution >= 4 is 22.8 Å². The number of anilines is 3. The predicted octanol–water partition coefficient (Wildman–Crippen LogP) is 3.91. The summed E-state index contributed by atoms with van der Waals surface area (Å²) in [6.07, 6.45) is 0. The van der Waals surface area contributed by atoms with Gasteiger partial charge in [0.05, 0.1) is 0 Å². The fourth-order valence-electron chi connectivity index (χ4n) is 3.59.